The van der Waals surface area contributed by atoms with Crippen LogP contribution in [0.2, 0.25) is 5.02 Å². The number of carbonyl (C=O) groups is 2. The van der Waals surface area contributed by atoms with Crippen LogP contribution in [0.4, 0.5) is 0 Å². The fourth-order valence-electron chi connectivity index (χ4n) is 4.38. The molecule has 2 aliphatic rings. The minimum absolute atomic E-state index is 0.125. The number of halogens is 1. The molecule has 0 saturated carbocycles. The van der Waals surface area contributed by atoms with Crippen molar-refractivity contribution in [1.29, 1.82) is 0 Å². The second-order valence-corrected chi connectivity index (χ2v) is 8.74. The SMILES string of the molecule is Cc1c(C(=O)N2CCN(C(C)C(=O)N3CCCCC3)CC2)nnn1-c1cccc(Cl)c1. The molecule has 8 nitrogen and oxygen atoms in total. The van der Waals surface area contributed by atoms with E-state index in [1.54, 1.807) is 21.7 Å². The second-order valence-electron chi connectivity index (χ2n) is 8.31. The van der Waals surface area contributed by atoms with Crippen molar-refractivity contribution < 1.29 is 9.59 Å². The molecule has 4 rings (SSSR count). The molecule has 1 atom stereocenters. The quantitative estimate of drug-likeness (QED) is 0.723. The van der Waals surface area contributed by atoms with E-state index in [1.165, 1.54) is 6.42 Å². The first kappa shape index (κ1) is 21.8. The van der Waals surface area contributed by atoms with Crippen LogP contribution in [0.5, 0.6) is 0 Å². The zero-order chi connectivity index (χ0) is 22.0. The van der Waals surface area contributed by atoms with Gasteiger partial charge in [-0.15, -0.1) is 5.10 Å². The number of aromatic nitrogens is 3. The molecule has 2 aliphatic heterocycles. The fourth-order valence-corrected chi connectivity index (χ4v) is 4.56. The second kappa shape index (κ2) is 9.36. The van der Waals surface area contributed by atoms with Gasteiger partial charge < -0.3 is 9.80 Å². The first-order chi connectivity index (χ1) is 15.0. The van der Waals surface area contributed by atoms with Crippen molar-refractivity contribution in [2.75, 3.05) is 39.3 Å². The number of amides is 2. The van der Waals surface area contributed by atoms with E-state index >= 15 is 0 Å². The van der Waals surface area contributed by atoms with Gasteiger partial charge in [0.05, 0.1) is 17.4 Å². The van der Waals surface area contributed by atoms with Crippen molar-refractivity contribution >= 4 is 23.4 Å². The standard InChI is InChI=1S/C22H29ClN6O2/c1-16-20(24-25-29(16)19-8-6-7-18(23)15-19)22(31)28-13-11-26(12-14-28)17(2)21(30)27-9-4-3-5-10-27/h6-8,15,17H,3-5,9-14H2,1-2H3. The first-order valence-corrected chi connectivity index (χ1v) is 11.3. The number of piperazine rings is 1. The molecule has 2 fully saturated rings. The molecule has 0 N–H and O–H groups in total. The highest BCUT2D eigenvalue weighted by Crippen LogP contribution is 2.19. The molecular formula is C22H29ClN6O2. The summed E-state index contributed by atoms with van der Waals surface area (Å²) in [4.78, 5) is 31.9. The summed E-state index contributed by atoms with van der Waals surface area (Å²) < 4.78 is 1.63. The summed E-state index contributed by atoms with van der Waals surface area (Å²) in [7, 11) is 0. The summed E-state index contributed by atoms with van der Waals surface area (Å²) in [5, 5.41) is 8.91. The average Bonchev–Trinajstić information content (AvgIpc) is 3.19. The Kier molecular flexibility index (Phi) is 6.57. The van der Waals surface area contributed by atoms with Gasteiger partial charge in [0.15, 0.2) is 5.69 Å². The molecule has 2 aromatic rings. The van der Waals surface area contributed by atoms with Crippen LogP contribution in [0.15, 0.2) is 24.3 Å². The van der Waals surface area contributed by atoms with E-state index < -0.39 is 0 Å². The Hall–Kier alpha value is -2.45. The zero-order valence-corrected chi connectivity index (χ0v) is 18.9. The summed E-state index contributed by atoms with van der Waals surface area (Å²) >= 11 is 6.08. The lowest BCUT2D eigenvalue weighted by Gasteiger charge is -2.39. The maximum atomic E-state index is 13.1. The smallest absolute Gasteiger partial charge is 0.276 e. The maximum Gasteiger partial charge on any atom is 0.276 e. The molecule has 1 unspecified atom stereocenters. The van der Waals surface area contributed by atoms with Crippen LogP contribution in [-0.2, 0) is 4.79 Å². The molecule has 2 saturated heterocycles. The van der Waals surface area contributed by atoms with Gasteiger partial charge in [-0.3, -0.25) is 14.5 Å². The number of nitrogens with zero attached hydrogens (tertiary/aromatic N) is 6. The average molecular weight is 445 g/mol. The topological polar surface area (TPSA) is 74.6 Å². The van der Waals surface area contributed by atoms with Crippen molar-refractivity contribution in [2.24, 2.45) is 0 Å². The third-order valence-electron chi connectivity index (χ3n) is 6.32. The van der Waals surface area contributed by atoms with E-state index in [0.29, 0.717) is 42.6 Å². The summed E-state index contributed by atoms with van der Waals surface area (Å²) in [5.41, 5.74) is 1.81. The molecule has 1 aromatic carbocycles. The van der Waals surface area contributed by atoms with Gasteiger partial charge >= 0.3 is 0 Å². The first-order valence-electron chi connectivity index (χ1n) is 11.0. The van der Waals surface area contributed by atoms with Gasteiger partial charge in [-0.1, -0.05) is 22.9 Å². The summed E-state index contributed by atoms with van der Waals surface area (Å²) in [6.07, 6.45) is 3.40. The lowest BCUT2D eigenvalue weighted by Crippen LogP contribution is -2.56. The van der Waals surface area contributed by atoms with Crippen LogP contribution >= 0.6 is 11.6 Å². The van der Waals surface area contributed by atoms with Crippen LogP contribution in [0.3, 0.4) is 0 Å². The number of likely N-dealkylation sites (tertiary alicyclic amines) is 1. The number of hydrogen-bond acceptors (Lipinski definition) is 5. The van der Waals surface area contributed by atoms with Crippen molar-refractivity contribution in [1.82, 2.24) is 29.7 Å². The predicted octanol–water partition coefficient (Wildman–Crippen LogP) is 2.39. The van der Waals surface area contributed by atoms with E-state index in [0.717, 1.165) is 31.6 Å². The van der Waals surface area contributed by atoms with E-state index in [2.05, 4.69) is 15.2 Å². The molecule has 0 aliphatic carbocycles. The number of piperidine rings is 1. The Bertz CT molecular complexity index is 947. The van der Waals surface area contributed by atoms with Crippen LogP contribution < -0.4 is 0 Å². The molecule has 0 radical (unpaired) electrons. The van der Waals surface area contributed by atoms with Crippen molar-refractivity contribution in [3.05, 3.63) is 40.7 Å². The minimum atomic E-state index is -0.152. The molecule has 0 bridgehead atoms. The number of carbonyl (C=O) groups excluding carboxylic acids is 2. The van der Waals surface area contributed by atoms with Gasteiger partial charge in [-0.2, -0.15) is 0 Å². The monoisotopic (exact) mass is 444 g/mol. The Morgan fingerprint density at radius 2 is 1.71 bits per heavy atom. The normalized spacial score (nSPS) is 18.8. The molecule has 1 aromatic heterocycles. The van der Waals surface area contributed by atoms with Gasteiger partial charge in [-0.25, -0.2) is 4.68 Å². The van der Waals surface area contributed by atoms with Gasteiger partial charge in [0.1, 0.15) is 0 Å². The van der Waals surface area contributed by atoms with Crippen LogP contribution in [0.25, 0.3) is 5.69 Å². The molecule has 166 valence electrons. The van der Waals surface area contributed by atoms with E-state index in [9.17, 15) is 9.59 Å². The highest BCUT2D eigenvalue weighted by atomic mass is 35.5. The fraction of sp³-hybridized carbons (Fsp3) is 0.545. The van der Waals surface area contributed by atoms with Crippen molar-refractivity contribution in [3.8, 4) is 5.69 Å². The number of rotatable bonds is 4. The predicted molar refractivity (Wildman–Crippen MR) is 118 cm³/mol. The molecule has 0 spiro atoms. The van der Waals surface area contributed by atoms with Crippen LogP contribution in [0, 0.1) is 6.92 Å². The van der Waals surface area contributed by atoms with Crippen molar-refractivity contribution in [3.63, 3.8) is 0 Å². The van der Waals surface area contributed by atoms with Gasteiger partial charge in [0.2, 0.25) is 5.91 Å². The van der Waals surface area contributed by atoms with Crippen LogP contribution in [0.1, 0.15) is 42.4 Å². The molecule has 2 amide bonds. The number of hydrogen-bond donors (Lipinski definition) is 0. The lowest BCUT2D eigenvalue weighted by molar-refractivity contribution is -0.137. The maximum absolute atomic E-state index is 13.1. The summed E-state index contributed by atoms with van der Waals surface area (Å²) in [6.45, 7) is 8.03. The summed E-state index contributed by atoms with van der Waals surface area (Å²) in [5.74, 6) is 0.0835. The van der Waals surface area contributed by atoms with Crippen LogP contribution in [-0.4, -0.2) is 86.8 Å². The minimum Gasteiger partial charge on any atom is -0.341 e. The zero-order valence-electron chi connectivity index (χ0n) is 18.1. The Labute approximate surface area is 187 Å². The van der Waals surface area contributed by atoms with Gasteiger partial charge in [0, 0.05) is 44.3 Å². The van der Waals surface area contributed by atoms with Crippen molar-refractivity contribution in [2.45, 2.75) is 39.2 Å². The van der Waals surface area contributed by atoms with E-state index in [4.69, 9.17) is 11.6 Å². The highest BCUT2D eigenvalue weighted by molar-refractivity contribution is 6.30. The van der Waals surface area contributed by atoms with Gasteiger partial charge in [0.25, 0.3) is 5.91 Å². The molecule has 3 heterocycles. The Morgan fingerprint density at radius 1 is 1.00 bits per heavy atom. The lowest BCUT2D eigenvalue weighted by atomic mass is 10.1. The third-order valence-corrected chi connectivity index (χ3v) is 6.56. The third kappa shape index (κ3) is 4.60. The Morgan fingerprint density at radius 3 is 2.39 bits per heavy atom. The molecule has 31 heavy (non-hydrogen) atoms. The Balaban J connectivity index is 1.38. The largest absolute Gasteiger partial charge is 0.341 e. The van der Waals surface area contributed by atoms with E-state index in [-0.39, 0.29) is 17.9 Å². The highest BCUT2D eigenvalue weighted by Gasteiger charge is 2.32. The summed E-state index contributed by atoms with van der Waals surface area (Å²) in [6, 6.07) is 7.14. The van der Waals surface area contributed by atoms with Gasteiger partial charge in [-0.05, 0) is 51.3 Å². The molecular weight excluding hydrogens is 416 g/mol. The van der Waals surface area contributed by atoms with E-state index in [1.807, 2.05) is 30.9 Å². The molecule has 9 heteroatoms. The number of benzene rings is 1.